The van der Waals surface area contributed by atoms with Crippen LogP contribution in [-0.4, -0.2) is 96.7 Å². The molecule has 0 aromatic rings. The maximum atomic E-state index is 13.1. The molecule has 3 N–H and O–H groups in total. The van der Waals surface area contributed by atoms with E-state index in [0.29, 0.717) is 25.7 Å². The molecular formula is C83H148O17P2. The van der Waals surface area contributed by atoms with Crippen LogP contribution in [0.15, 0.2) is 85.1 Å². The van der Waals surface area contributed by atoms with Gasteiger partial charge in [-0.3, -0.25) is 37.3 Å². The number of carbonyl (C=O) groups is 4. The average Bonchev–Trinajstić information content (AvgIpc) is 0.908. The minimum absolute atomic E-state index is 0.0566. The van der Waals surface area contributed by atoms with Crippen molar-refractivity contribution in [3.63, 3.8) is 0 Å². The molecule has 0 fully saturated rings. The van der Waals surface area contributed by atoms with Crippen molar-refractivity contribution < 1.29 is 80.2 Å². The lowest BCUT2D eigenvalue weighted by Crippen LogP contribution is -2.30. The van der Waals surface area contributed by atoms with Crippen LogP contribution in [0.4, 0.5) is 0 Å². The Hall–Kier alpha value is -3.76. The third-order valence-corrected chi connectivity index (χ3v) is 19.2. The highest BCUT2D eigenvalue weighted by Gasteiger charge is 2.30. The van der Waals surface area contributed by atoms with Gasteiger partial charge in [0.25, 0.3) is 0 Å². The van der Waals surface area contributed by atoms with Gasteiger partial charge in [-0.05, 0) is 122 Å². The Morgan fingerprint density at radius 1 is 0.284 bits per heavy atom. The predicted molar refractivity (Wildman–Crippen MR) is 418 cm³/mol. The molecule has 0 aliphatic rings. The number of esters is 4. The Morgan fingerprint density at radius 3 is 0.814 bits per heavy atom. The second-order valence-electron chi connectivity index (χ2n) is 27.3. The lowest BCUT2D eigenvalue weighted by molar-refractivity contribution is -0.161. The molecule has 17 nitrogen and oxygen atoms in total. The number of aliphatic hydroxyl groups is 1. The van der Waals surface area contributed by atoms with Gasteiger partial charge in [-0.1, -0.05) is 299 Å². The van der Waals surface area contributed by atoms with E-state index in [4.69, 9.17) is 37.0 Å². The van der Waals surface area contributed by atoms with Crippen molar-refractivity contribution in [2.45, 2.75) is 380 Å². The van der Waals surface area contributed by atoms with E-state index < -0.39 is 97.5 Å². The number of aliphatic hydroxyl groups excluding tert-OH is 1. The van der Waals surface area contributed by atoms with Gasteiger partial charge in [-0.25, -0.2) is 9.13 Å². The number of allylic oxidation sites excluding steroid dienone is 14. The summed E-state index contributed by atoms with van der Waals surface area (Å²) in [7, 11) is -9.96. The van der Waals surface area contributed by atoms with Gasteiger partial charge in [0.05, 0.1) is 26.4 Å². The second-order valence-corrected chi connectivity index (χ2v) is 30.2. The molecule has 0 radical (unpaired) electrons. The topological polar surface area (TPSA) is 237 Å². The lowest BCUT2D eigenvalue weighted by atomic mass is 10.0. The van der Waals surface area contributed by atoms with E-state index in [9.17, 15) is 43.2 Å². The summed E-state index contributed by atoms with van der Waals surface area (Å²) in [5, 5.41) is 10.6. The molecule has 2 unspecified atom stereocenters. The maximum Gasteiger partial charge on any atom is 0.472 e. The fourth-order valence-electron chi connectivity index (χ4n) is 11.1. The van der Waals surface area contributed by atoms with Gasteiger partial charge in [-0.15, -0.1) is 0 Å². The van der Waals surface area contributed by atoms with Gasteiger partial charge in [0, 0.05) is 25.7 Å². The van der Waals surface area contributed by atoms with Crippen molar-refractivity contribution >= 4 is 39.5 Å². The molecule has 0 rings (SSSR count). The SMILES string of the molecule is CC/C=C\C/C=C\C/C=C\C/C=C\C/C=C\CCCCCC(=O)O[C@H](COC(=O)CCCCCCCCC/C=C\CCCCCC)COP(=O)(O)OC[C@@H](O)COP(=O)(O)OC[C@@H](COC(=O)CCCCCCCCC/C=C\CCCCCC)OC(=O)CCCCCCCCCCCCCCC. The summed E-state index contributed by atoms with van der Waals surface area (Å²) in [5.74, 6) is -2.19. The van der Waals surface area contributed by atoms with E-state index in [1.54, 1.807) is 0 Å². The van der Waals surface area contributed by atoms with Crippen LogP contribution in [-0.2, 0) is 65.4 Å². The van der Waals surface area contributed by atoms with Crippen LogP contribution in [0.1, 0.15) is 362 Å². The highest BCUT2D eigenvalue weighted by Crippen LogP contribution is 2.45. The first kappa shape index (κ1) is 98.2. The third kappa shape index (κ3) is 74.5. The van der Waals surface area contributed by atoms with Gasteiger partial charge in [0.1, 0.15) is 19.3 Å². The number of unbranched alkanes of at least 4 members (excludes halogenated alkanes) is 37. The van der Waals surface area contributed by atoms with Gasteiger partial charge in [0.15, 0.2) is 12.2 Å². The van der Waals surface area contributed by atoms with Gasteiger partial charge in [-0.2, -0.15) is 0 Å². The summed E-state index contributed by atoms with van der Waals surface area (Å²) in [6.45, 7) is 4.75. The van der Waals surface area contributed by atoms with Crippen LogP contribution in [0.25, 0.3) is 0 Å². The van der Waals surface area contributed by atoms with E-state index in [-0.39, 0.29) is 25.7 Å². The fourth-order valence-corrected chi connectivity index (χ4v) is 12.7. The molecular weight excluding hydrogens is 1330 g/mol. The second kappa shape index (κ2) is 75.5. The standard InChI is InChI=1S/C83H148O17P2/c1-5-9-13-17-21-25-29-33-36-37-38-39-42-46-50-54-58-62-66-70-83(88)100-79(74-94-81(86)68-64-60-56-52-48-45-41-35-31-27-23-19-15-11-7-3)76-98-102(91,92)96-72-77(84)71-95-101(89,90)97-75-78(99-82(87)69-65-61-57-53-49-43-32-28-24-20-16-12-8-4)73-93-80(85)67-63-59-55-51-47-44-40-34-30-26-22-18-14-10-6-2/h9,13,21,25-27,30-31,33,36,38-39,46,50,77-79,84H,5-8,10-12,14-20,22-24,28-29,32,34-35,37,40-45,47-49,51-76H2,1-4H3,(H,89,90)(H,91,92)/b13-9-,25-21-,30-26-,31-27-,36-33-,39-38-,50-46-/t77-,78+,79+/m0/s1. The largest absolute Gasteiger partial charge is 0.472 e. The van der Waals surface area contributed by atoms with Crippen molar-refractivity contribution in [2.24, 2.45) is 0 Å². The monoisotopic (exact) mass is 1480 g/mol. The summed E-state index contributed by atoms with van der Waals surface area (Å²) < 4.78 is 68.6. The average molecular weight is 1480 g/mol. The van der Waals surface area contributed by atoms with Crippen LogP contribution < -0.4 is 0 Å². The first-order valence-electron chi connectivity index (χ1n) is 40.8. The normalized spacial score (nSPS) is 14.3. The number of carbonyl (C=O) groups excluding carboxylic acids is 4. The summed E-state index contributed by atoms with van der Waals surface area (Å²) >= 11 is 0. The Labute approximate surface area is 621 Å². The van der Waals surface area contributed by atoms with Gasteiger partial charge < -0.3 is 33.8 Å². The zero-order chi connectivity index (χ0) is 74.6. The molecule has 0 spiro atoms. The Balaban J connectivity index is 5.37. The molecule has 0 aromatic carbocycles. The molecule has 102 heavy (non-hydrogen) atoms. The van der Waals surface area contributed by atoms with E-state index in [2.05, 4.69) is 113 Å². The van der Waals surface area contributed by atoms with Crippen LogP contribution in [0.3, 0.4) is 0 Å². The van der Waals surface area contributed by atoms with E-state index in [1.165, 1.54) is 128 Å². The first-order valence-corrected chi connectivity index (χ1v) is 43.8. The van der Waals surface area contributed by atoms with Crippen LogP contribution >= 0.6 is 15.6 Å². The molecule has 0 aliphatic carbocycles. The number of phosphoric ester groups is 2. The molecule has 5 atom stereocenters. The number of hydrogen-bond acceptors (Lipinski definition) is 15. The number of rotatable bonds is 77. The summed E-state index contributed by atoms with van der Waals surface area (Å²) in [6, 6.07) is 0. The third-order valence-electron chi connectivity index (χ3n) is 17.3. The number of hydrogen-bond donors (Lipinski definition) is 3. The van der Waals surface area contributed by atoms with Crippen molar-refractivity contribution in [1.29, 1.82) is 0 Å². The Morgan fingerprint density at radius 2 is 0.510 bits per heavy atom. The smallest absolute Gasteiger partial charge is 0.462 e. The summed E-state index contributed by atoms with van der Waals surface area (Å²) in [4.78, 5) is 73.0. The van der Waals surface area contributed by atoms with Crippen LogP contribution in [0, 0.1) is 0 Å². The Kier molecular flexibility index (Phi) is 72.7. The molecule has 0 heterocycles. The molecule has 0 aromatic heterocycles. The molecule has 0 amide bonds. The van der Waals surface area contributed by atoms with Crippen LogP contribution in [0.2, 0.25) is 0 Å². The van der Waals surface area contributed by atoms with Gasteiger partial charge in [0.2, 0.25) is 0 Å². The molecule has 0 saturated carbocycles. The van der Waals surface area contributed by atoms with Crippen molar-refractivity contribution in [3.8, 4) is 0 Å². The maximum absolute atomic E-state index is 13.1. The van der Waals surface area contributed by atoms with Crippen molar-refractivity contribution in [1.82, 2.24) is 0 Å². The highest BCUT2D eigenvalue weighted by molar-refractivity contribution is 7.47. The zero-order valence-corrected chi connectivity index (χ0v) is 66.6. The minimum Gasteiger partial charge on any atom is -0.462 e. The van der Waals surface area contributed by atoms with Crippen LogP contribution in [0.5, 0.6) is 0 Å². The summed E-state index contributed by atoms with van der Waals surface area (Å²) in [6.07, 6.45) is 78.4. The first-order chi connectivity index (χ1) is 49.7. The highest BCUT2D eigenvalue weighted by atomic mass is 31.2. The number of ether oxygens (including phenoxy) is 4. The molecule has 0 aliphatic heterocycles. The molecule has 0 bridgehead atoms. The molecule has 19 heteroatoms. The zero-order valence-electron chi connectivity index (χ0n) is 64.8. The van der Waals surface area contributed by atoms with Crippen molar-refractivity contribution in [3.05, 3.63) is 85.1 Å². The quantitative estimate of drug-likeness (QED) is 0.0169. The molecule has 592 valence electrons. The van der Waals surface area contributed by atoms with E-state index in [0.717, 1.165) is 154 Å². The fraction of sp³-hybridized carbons (Fsp3) is 0.783. The minimum atomic E-state index is -4.98. The lowest BCUT2D eigenvalue weighted by Gasteiger charge is -2.21. The molecule has 0 saturated heterocycles. The number of phosphoric acid groups is 2. The van der Waals surface area contributed by atoms with E-state index in [1.807, 2.05) is 0 Å². The Bertz CT molecular complexity index is 2260. The summed E-state index contributed by atoms with van der Waals surface area (Å²) in [5.41, 5.74) is 0. The predicted octanol–water partition coefficient (Wildman–Crippen LogP) is 23.8. The van der Waals surface area contributed by atoms with Gasteiger partial charge >= 0.3 is 39.5 Å². The van der Waals surface area contributed by atoms with Crippen molar-refractivity contribution in [2.75, 3.05) is 39.6 Å². The van der Waals surface area contributed by atoms with E-state index >= 15 is 0 Å².